The van der Waals surface area contributed by atoms with Gasteiger partial charge in [-0.1, -0.05) is 24.3 Å². The van der Waals surface area contributed by atoms with Crippen LogP contribution in [0.5, 0.6) is 0 Å². The Morgan fingerprint density at radius 3 is 2.61 bits per heavy atom. The number of halogens is 1. The molecule has 0 bridgehead atoms. The van der Waals surface area contributed by atoms with E-state index in [1.165, 1.54) is 34.9 Å². The Kier molecular flexibility index (Phi) is 4.09. The standard InChI is InChI=1S/C17H14FNO3S/c1-10-3-2-4-13(17(21)22)15(10)19-14(20)9-23-16(19)11-5-7-12(18)8-6-11/h2-8,16H,9H2,1H3,(H,21,22). The lowest BCUT2D eigenvalue weighted by Crippen LogP contribution is -2.30. The molecule has 2 aromatic carbocycles. The second-order valence-corrected chi connectivity index (χ2v) is 6.32. The number of nitrogens with zero attached hydrogens (tertiary/aromatic N) is 1. The van der Waals surface area contributed by atoms with E-state index < -0.39 is 5.97 Å². The Bertz CT molecular complexity index is 776. The van der Waals surface area contributed by atoms with Gasteiger partial charge in [0.2, 0.25) is 5.91 Å². The van der Waals surface area contributed by atoms with Crippen molar-refractivity contribution in [1.29, 1.82) is 0 Å². The summed E-state index contributed by atoms with van der Waals surface area (Å²) in [5.74, 6) is -1.32. The molecule has 6 heteroatoms. The lowest BCUT2D eigenvalue weighted by atomic mass is 10.1. The van der Waals surface area contributed by atoms with E-state index >= 15 is 0 Å². The number of anilines is 1. The van der Waals surface area contributed by atoms with Gasteiger partial charge in [0, 0.05) is 0 Å². The highest BCUT2D eigenvalue weighted by atomic mass is 32.2. The van der Waals surface area contributed by atoms with Gasteiger partial charge in [0.25, 0.3) is 0 Å². The van der Waals surface area contributed by atoms with Gasteiger partial charge in [-0.2, -0.15) is 0 Å². The van der Waals surface area contributed by atoms with Crippen LogP contribution in [-0.2, 0) is 4.79 Å². The molecule has 0 aliphatic carbocycles. The number of para-hydroxylation sites is 1. The number of aromatic carboxylic acids is 1. The number of carboxylic acids is 1. The molecule has 0 spiro atoms. The van der Waals surface area contributed by atoms with Crippen molar-refractivity contribution in [2.45, 2.75) is 12.3 Å². The molecule has 1 N–H and O–H groups in total. The van der Waals surface area contributed by atoms with E-state index in [9.17, 15) is 19.1 Å². The van der Waals surface area contributed by atoms with E-state index in [1.54, 1.807) is 31.2 Å². The summed E-state index contributed by atoms with van der Waals surface area (Å²) in [4.78, 5) is 25.4. The minimum absolute atomic E-state index is 0.0907. The monoisotopic (exact) mass is 331 g/mol. The molecule has 1 aliphatic heterocycles. The van der Waals surface area contributed by atoms with E-state index in [0.29, 0.717) is 11.3 Å². The van der Waals surface area contributed by atoms with E-state index in [1.807, 2.05) is 0 Å². The first kappa shape index (κ1) is 15.6. The van der Waals surface area contributed by atoms with Gasteiger partial charge < -0.3 is 5.11 Å². The average molecular weight is 331 g/mol. The average Bonchev–Trinajstić information content (AvgIpc) is 2.89. The molecule has 1 amide bonds. The van der Waals surface area contributed by atoms with Crippen LogP contribution in [0.25, 0.3) is 0 Å². The first-order chi connectivity index (χ1) is 11.0. The molecular formula is C17H14FNO3S. The van der Waals surface area contributed by atoms with Gasteiger partial charge in [-0.05, 0) is 36.2 Å². The fourth-order valence-electron chi connectivity index (χ4n) is 2.69. The minimum Gasteiger partial charge on any atom is -0.478 e. The summed E-state index contributed by atoms with van der Waals surface area (Å²) >= 11 is 1.40. The maximum absolute atomic E-state index is 13.1. The Morgan fingerprint density at radius 2 is 1.96 bits per heavy atom. The molecule has 1 unspecified atom stereocenters. The van der Waals surface area contributed by atoms with Crippen molar-refractivity contribution in [3.63, 3.8) is 0 Å². The van der Waals surface area contributed by atoms with Gasteiger partial charge >= 0.3 is 5.97 Å². The molecule has 1 atom stereocenters. The van der Waals surface area contributed by atoms with Crippen molar-refractivity contribution in [3.8, 4) is 0 Å². The van der Waals surface area contributed by atoms with Crippen LogP contribution in [0.2, 0.25) is 0 Å². The summed E-state index contributed by atoms with van der Waals surface area (Å²) in [5, 5.41) is 9.08. The number of rotatable bonds is 3. The molecule has 0 aromatic heterocycles. The lowest BCUT2D eigenvalue weighted by Gasteiger charge is -2.27. The van der Waals surface area contributed by atoms with Crippen LogP contribution in [0, 0.1) is 12.7 Å². The lowest BCUT2D eigenvalue weighted by molar-refractivity contribution is -0.115. The predicted molar refractivity (Wildman–Crippen MR) is 87.2 cm³/mol. The fraction of sp³-hybridized carbons (Fsp3) is 0.176. The van der Waals surface area contributed by atoms with E-state index in [-0.39, 0.29) is 28.4 Å². The van der Waals surface area contributed by atoms with Gasteiger partial charge in [0.15, 0.2) is 0 Å². The third kappa shape index (κ3) is 2.82. The molecule has 1 saturated heterocycles. The largest absolute Gasteiger partial charge is 0.478 e. The third-order valence-electron chi connectivity index (χ3n) is 3.73. The summed E-state index contributed by atoms with van der Waals surface area (Å²) in [6.45, 7) is 1.78. The first-order valence-corrected chi connectivity index (χ1v) is 8.06. The second-order valence-electron chi connectivity index (χ2n) is 5.25. The molecule has 118 valence electrons. The number of carbonyl (C=O) groups excluding carboxylic acids is 1. The Labute approximate surface area is 136 Å². The maximum atomic E-state index is 13.1. The Hall–Kier alpha value is -2.34. The molecule has 1 heterocycles. The summed E-state index contributed by atoms with van der Waals surface area (Å²) in [6.07, 6.45) is 0. The normalized spacial score (nSPS) is 17.6. The summed E-state index contributed by atoms with van der Waals surface area (Å²) in [5.41, 5.74) is 1.98. The van der Waals surface area contributed by atoms with Crippen molar-refractivity contribution in [1.82, 2.24) is 0 Å². The number of benzene rings is 2. The van der Waals surface area contributed by atoms with Crippen molar-refractivity contribution < 1.29 is 19.1 Å². The number of carbonyl (C=O) groups is 2. The third-order valence-corrected chi connectivity index (χ3v) is 4.94. The molecule has 0 radical (unpaired) electrons. The quantitative estimate of drug-likeness (QED) is 0.933. The molecule has 2 aromatic rings. The predicted octanol–water partition coefficient (Wildman–Crippen LogP) is 3.61. The van der Waals surface area contributed by atoms with E-state index in [0.717, 1.165) is 5.56 Å². The smallest absolute Gasteiger partial charge is 0.337 e. The zero-order chi connectivity index (χ0) is 16.6. The van der Waals surface area contributed by atoms with Crippen LogP contribution in [0.3, 0.4) is 0 Å². The molecule has 23 heavy (non-hydrogen) atoms. The highest BCUT2D eigenvalue weighted by Gasteiger charge is 2.36. The minimum atomic E-state index is -1.08. The zero-order valence-electron chi connectivity index (χ0n) is 12.3. The Balaban J connectivity index is 2.11. The number of carboxylic acid groups (broad SMARTS) is 1. The van der Waals surface area contributed by atoms with Crippen LogP contribution in [0.1, 0.15) is 26.9 Å². The van der Waals surface area contributed by atoms with Gasteiger partial charge in [-0.15, -0.1) is 11.8 Å². The Morgan fingerprint density at radius 1 is 1.26 bits per heavy atom. The number of aryl methyl sites for hydroxylation is 1. The van der Waals surface area contributed by atoms with Crippen molar-refractivity contribution in [2.75, 3.05) is 10.7 Å². The van der Waals surface area contributed by atoms with Crippen LogP contribution in [0.15, 0.2) is 42.5 Å². The van der Waals surface area contributed by atoms with Crippen molar-refractivity contribution >= 4 is 29.3 Å². The molecule has 4 nitrogen and oxygen atoms in total. The maximum Gasteiger partial charge on any atom is 0.337 e. The van der Waals surface area contributed by atoms with E-state index in [2.05, 4.69) is 0 Å². The zero-order valence-corrected chi connectivity index (χ0v) is 13.1. The van der Waals surface area contributed by atoms with Gasteiger partial charge in [0.1, 0.15) is 11.2 Å². The number of amides is 1. The molecular weight excluding hydrogens is 317 g/mol. The number of thioether (sulfide) groups is 1. The van der Waals surface area contributed by atoms with Crippen molar-refractivity contribution in [3.05, 3.63) is 65.0 Å². The topological polar surface area (TPSA) is 57.6 Å². The summed E-state index contributed by atoms with van der Waals surface area (Å²) < 4.78 is 13.1. The van der Waals surface area contributed by atoms with E-state index in [4.69, 9.17) is 0 Å². The first-order valence-electron chi connectivity index (χ1n) is 7.01. The molecule has 1 aliphatic rings. The molecule has 1 fully saturated rings. The van der Waals surface area contributed by atoms with Gasteiger partial charge in [-0.25, -0.2) is 9.18 Å². The second kappa shape index (κ2) is 6.04. The highest BCUT2D eigenvalue weighted by Crippen LogP contribution is 2.44. The number of hydrogen-bond donors (Lipinski definition) is 1. The summed E-state index contributed by atoms with van der Waals surface area (Å²) in [7, 11) is 0. The number of hydrogen-bond acceptors (Lipinski definition) is 3. The fourth-order valence-corrected chi connectivity index (χ4v) is 3.85. The highest BCUT2D eigenvalue weighted by molar-refractivity contribution is 8.00. The molecule has 3 rings (SSSR count). The molecule has 0 saturated carbocycles. The SMILES string of the molecule is Cc1cccc(C(=O)O)c1N1C(=O)CSC1c1ccc(F)cc1. The van der Waals surface area contributed by atoms with Gasteiger partial charge in [0.05, 0.1) is 17.0 Å². The van der Waals surface area contributed by atoms with Crippen LogP contribution < -0.4 is 4.90 Å². The van der Waals surface area contributed by atoms with Gasteiger partial charge in [-0.3, -0.25) is 9.69 Å². The van der Waals surface area contributed by atoms with Crippen LogP contribution in [-0.4, -0.2) is 22.7 Å². The van der Waals surface area contributed by atoms with Crippen molar-refractivity contribution in [2.24, 2.45) is 0 Å². The van der Waals surface area contributed by atoms with Crippen LogP contribution >= 0.6 is 11.8 Å². The summed E-state index contributed by atoms with van der Waals surface area (Å²) in [6, 6.07) is 10.8. The van der Waals surface area contributed by atoms with Crippen LogP contribution in [0.4, 0.5) is 10.1 Å².